The molecule has 0 aliphatic heterocycles. The molecule has 0 aliphatic rings. The highest BCUT2D eigenvalue weighted by molar-refractivity contribution is 7.11. The molecule has 0 atom stereocenters. The second-order valence-electron chi connectivity index (χ2n) is 3.42. The third-order valence-electron chi connectivity index (χ3n) is 1.76. The lowest BCUT2D eigenvalue weighted by Crippen LogP contribution is -2.26. The number of carbonyl (C=O) groups is 1. The molecule has 0 saturated carbocycles. The Hall–Kier alpha value is -0.680. The largest absolute Gasteiger partial charge is 0.355 e. The molecule has 1 heterocycles. The van der Waals surface area contributed by atoms with Crippen LogP contribution in [0.5, 0.6) is 0 Å². The molecule has 6 heteroatoms. The van der Waals surface area contributed by atoms with Gasteiger partial charge in [-0.2, -0.15) is 0 Å². The molecule has 0 aromatic carbocycles. The van der Waals surface area contributed by atoms with Gasteiger partial charge in [0.25, 0.3) is 0 Å². The van der Waals surface area contributed by atoms with Crippen molar-refractivity contribution in [3.63, 3.8) is 0 Å². The molecule has 1 aromatic rings. The van der Waals surface area contributed by atoms with Gasteiger partial charge in [-0.05, 0) is 0 Å². The van der Waals surface area contributed by atoms with Gasteiger partial charge in [0.05, 0.1) is 0 Å². The van der Waals surface area contributed by atoms with Crippen molar-refractivity contribution in [1.29, 1.82) is 0 Å². The predicted molar refractivity (Wildman–Crippen MR) is 61.4 cm³/mol. The van der Waals surface area contributed by atoms with Crippen LogP contribution in [-0.2, 0) is 11.2 Å². The van der Waals surface area contributed by atoms with Crippen LogP contribution in [0.25, 0.3) is 0 Å². The van der Waals surface area contributed by atoms with E-state index in [0.29, 0.717) is 18.9 Å². The number of amides is 1. The second-order valence-corrected chi connectivity index (χ2v) is 4.78. The van der Waals surface area contributed by atoms with Gasteiger partial charge in [-0.25, -0.2) is 0 Å². The summed E-state index contributed by atoms with van der Waals surface area (Å²) in [5.74, 6) is 0.270. The van der Waals surface area contributed by atoms with E-state index in [1.54, 1.807) is 11.3 Å². The van der Waals surface area contributed by atoms with Crippen LogP contribution >= 0.6 is 22.9 Å². The molecule has 0 bridgehead atoms. The van der Waals surface area contributed by atoms with Crippen molar-refractivity contribution in [2.75, 3.05) is 12.4 Å². The molecule has 84 valence electrons. The van der Waals surface area contributed by atoms with Crippen LogP contribution in [0.3, 0.4) is 0 Å². The summed E-state index contributed by atoms with van der Waals surface area (Å²) in [6, 6.07) is 0. The molecule has 0 saturated heterocycles. The highest BCUT2D eigenvalue weighted by Crippen LogP contribution is 2.18. The molecule has 0 unspecified atom stereocenters. The van der Waals surface area contributed by atoms with Crippen molar-refractivity contribution in [3.8, 4) is 0 Å². The lowest BCUT2D eigenvalue weighted by molar-refractivity contribution is -0.118. The standard InChI is InChI=1S/C9H14ClN3OS/c1-6(2)9-13-12-8(15-9)3-4-11-7(14)5-10/h6H,3-5H2,1-2H3,(H,11,14). The molecule has 4 nitrogen and oxygen atoms in total. The molecular formula is C9H14ClN3OS. The van der Waals surface area contributed by atoms with E-state index in [9.17, 15) is 4.79 Å². The Kier molecular flexibility index (Phi) is 4.98. The van der Waals surface area contributed by atoms with E-state index in [0.717, 1.165) is 10.0 Å². The monoisotopic (exact) mass is 247 g/mol. The number of hydrogen-bond donors (Lipinski definition) is 1. The molecular weight excluding hydrogens is 234 g/mol. The summed E-state index contributed by atoms with van der Waals surface area (Å²) in [5, 5.41) is 12.8. The Morgan fingerprint density at radius 3 is 2.80 bits per heavy atom. The van der Waals surface area contributed by atoms with E-state index in [1.807, 2.05) is 0 Å². The van der Waals surface area contributed by atoms with Crippen molar-refractivity contribution in [1.82, 2.24) is 15.5 Å². The maximum Gasteiger partial charge on any atom is 0.234 e. The van der Waals surface area contributed by atoms with Crippen LogP contribution in [-0.4, -0.2) is 28.5 Å². The van der Waals surface area contributed by atoms with E-state index in [-0.39, 0.29) is 11.8 Å². The third kappa shape index (κ3) is 4.13. The molecule has 1 amide bonds. The molecule has 0 fully saturated rings. The first kappa shape index (κ1) is 12.4. The summed E-state index contributed by atoms with van der Waals surface area (Å²) in [6.45, 7) is 4.73. The summed E-state index contributed by atoms with van der Waals surface area (Å²) < 4.78 is 0. The zero-order chi connectivity index (χ0) is 11.3. The Bertz CT molecular complexity index is 327. The van der Waals surface area contributed by atoms with E-state index in [4.69, 9.17) is 11.6 Å². The van der Waals surface area contributed by atoms with Gasteiger partial charge in [0.15, 0.2) is 0 Å². The fourth-order valence-corrected chi connectivity index (χ4v) is 1.90. The van der Waals surface area contributed by atoms with Crippen molar-refractivity contribution >= 4 is 28.8 Å². The zero-order valence-corrected chi connectivity index (χ0v) is 10.4. The van der Waals surface area contributed by atoms with Gasteiger partial charge < -0.3 is 5.32 Å². The number of carbonyl (C=O) groups excluding carboxylic acids is 1. The Morgan fingerprint density at radius 1 is 1.53 bits per heavy atom. The summed E-state index contributed by atoms with van der Waals surface area (Å²) in [7, 11) is 0. The summed E-state index contributed by atoms with van der Waals surface area (Å²) in [6.07, 6.45) is 0.715. The van der Waals surface area contributed by atoms with Crippen molar-refractivity contribution in [2.45, 2.75) is 26.2 Å². The summed E-state index contributed by atoms with van der Waals surface area (Å²) in [4.78, 5) is 10.8. The molecule has 1 rings (SSSR count). The topological polar surface area (TPSA) is 54.9 Å². The van der Waals surface area contributed by atoms with Crippen molar-refractivity contribution in [2.24, 2.45) is 0 Å². The van der Waals surface area contributed by atoms with Crippen LogP contribution in [0.2, 0.25) is 0 Å². The average Bonchev–Trinajstić information content (AvgIpc) is 2.66. The minimum atomic E-state index is -0.148. The number of rotatable bonds is 5. The minimum Gasteiger partial charge on any atom is -0.355 e. The van der Waals surface area contributed by atoms with Crippen molar-refractivity contribution < 1.29 is 4.79 Å². The van der Waals surface area contributed by atoms with Crippen LogP contribution in [0.1, 0.15) is 29.8 Å². The summed E-state index contributed by atoms with van der Waals surface area (Å²) in [5.41, 5.74) is 0. The van der Waals surface area contributed by atoms with E-state index < -0.39 is 0 Å². The number of aromatic nitrogens is 2. The number of alkyl halides is 1. The predicted octanol–water partition coefficient (Wildman–Crippen LogP) is 1.56. The molecule has 0 spiro atoms. The Balaban J connectivity index is 2.34. The smallest absolute Gasteiger partial charge is 0.234 e. The zero-order valence-electron chi connectivity index (χ0n) is 8.79. The van der Waals surface area contributed by atoms with Crippen LogP contribution in [0, 0.1) is 0 Å². The fraction of sp³-hybridized carbons (Fsp3) is 0.667. The molecule has 1 aromatic heterocycles. The first-order valence-electron chi connectivity index (χ1n) is 4.78. The van der Waals surface area contributed by atoms with Crippen molar-refractivity contribution in [3.05, 3.63) is 10.0 Å². The SMILES string of the molecule is CC(C)c1nnc(CCNC(=O)CCl)s1. The molecule has 1 N–H and O–H groups in total. The lowest BCUT2D eigenvalue weighted by Gasteiger charge is -1.99. The van der Waals surface area contributed by atoms with E-state index in [1.165, 1.54) is 0 Å². The molecule has 0 aliphatic carbocycles. The number of hydrogen-bond acceptors (Lipinski definition) is 4. The Labute approximate surface area is 98.0 Å². The Morgan fingerprint density at radius 2 is 2.27 bits per heavy atom. The maximum absolute atomic E-state index is 10.8. The van der Waals surface area contributed by atoms with Crippen LogP contribution in [0.15, 0.2) is 0 Å². The molecule has 15 heavy (non-hydrogen) atoms. The second kappa shape index (κ2) is 6.02. The number of halogens is 1. The molecule has 0 radical (unpaired) electrons. The van der Waals surface area contributed by atoms with E-state index >= 15 is 0 Å². The normalized spacial score (nSPS) is 10.7. The van der Waals surface area contributed by atoms with Gasteiger partial charge in [0.1, 0.15) is 15.9 Å². The van der Waals surface area contributed by atoms with Gasteiger partial charge in [0.2, 0.25) is 5.91 Å². The first-order valence-corrected chi connectivity index (χ1v) is 6.13. The average molecular weight is 248 g/mol. The third-order valence-corrected chi connectivity index (χ3v) is 3.29. The summed E-state index contributed by atoms with van der Waals surface area (Å²) >= 11 is 6.94. The van der Waals surface area contributed by atoms with Gasteiger partial charge in [-0.15, -0.1) is 33.1 Å². The number of nitrogens with zero attached hydrogens (tertiary/aromatic N) is 2. The quantitative estimate of drug-likeness (QED) is 0.804. The van der Waals surface area contributed by atoms with Gasteiger partial charge in [0, 0.05) is 18.9 Å². The number of nitrogens with one attached hydrogen (secondary N) is 1. The highest BCUT2D eigenvalue weighted by atomic mass is 35.5. The van der Waals surface area contributed by atoms with E-state index in [2.05, 4.69) is 29.4 Å². The van der Waals surface area contributed by atoms with Gasteiger partial charge >= 0.3 is 0 Å². The van der Waals surface area contributed by atoms with Crippen LogP contribution < -0.4 is 5.32 Å². The lowest BCUT2D eigenvalue weighted by atomic mass is 10.2. The fourth-order valence-electron chi connectivity index (χ4n) is 0.957. The minimum absolute atomic E-state index is 0.00730. The van der Waals surface area contributed by atoms with Gasteiger partial charge in [-0.1, -0.05) is 13.8 Å². The van der Waals surface area contributed by atoms with Gasteiger partial charge in [-0.3, -0.25) is 4.79 Å². The highest BCUT2D eigenvalue weighted by Gasteiger charge is 2.07. The maximum atomic E-state index is 10.8. The van der Waals surface area contributed by atoms with Crippen LogP contribution in [0.4, 0.5) is 0 Å². The first-order chi connectivity index (χ1) is 7.13.